The number of aryl methyl sites for hydroxylation is 2. The van der Waals surface area contributed by atoms with Gasteiger partial charge < -0.3 is 9.80 Å². The first-order valence-corrected chi connectivity index (χ1v) is 11.0. The summed E-state index contributed by atoms with van der Waals surface area (Å²) in [6, 6.07) is 6.65. The Kier molecular flexibility index (Phi) is 7.15. The summed E-state index contributed by atoms with van der Waals surface area (Å²) in [7, 11) is 4.18. The number of rotatable bonds is 9. The van der Waals surface area contributed by atoms with E-state index in [1.54, 1.807) is 0 Å². The molecule has 0 atom stereocenters. The molecule has 3 heteroatoms. The predicted molar refractivity (Wildman–Crippen MR) is 130 cm³/mol. The van der Waals surface area contributed by atoms with E-state index in [1.807, 2.05) is 36.5 Å². The zero-order valence-electron chi connectivity index (χ0n) is 19.0. The highest BCUT2D eigenvalue weighted by Crippen LogP contribution is 2.35. The van der Waals surface area contributed by atoms with E-state index in [-0.39, 0.29) is 0 Å². The fourth-order valence-corrected chi connectivity index (χ4v) is 3.84. The van der Waals surface area contributed by atoms with E-state index in [1.165, 1.54) is 36.0 Å². The summed E-state index contributed by atoms with van der Waals surface area (Å²) in [6.45, 7) is 14.1. The SMILES string of the molecule is C=CC(=C1/N=CC=CN1C)/C(=C/N(C)CCC1CC1)C(=C)c1cc(C)ccc1CC. The molecule has 30 heavy (non-hydrogen) atoms. The molecule has 158 valence electrons. The van der Waals surface area contributed by atoms with E-state index in [9.17, 15) is 0 Å². The summed E-state index contributed by atoms with van der Waals surface area (Å²) < 4.78 is 0. The summed E-state index contributed by atoms with van der Waals surface area (Å²) in [6.07, 6.45) is 14.9. The topological polar surface area (TPSA) is 18.8 Å². The first kappa shape index (κ1) is 21.9. The van der Waals surface area contributed by atoms with Crippen LogP contribution in [0.5, 0.6) is 0 Å². The number of aliphatic imine (C=N–C) groups is 1. The highest BCUT2D eigenvalue weighted by Gasteiger charge is 2.22. The molecule has 1 aromatic carbocycles. The highest BCUT2D eigenvalue weighted by molar-refractivity contribution is 5.85. The van der Waals surface area contributed by atoms with Crippen LogP contribution in [0.25, 0.3) is 5.57 Å². The Balaban J connectivity index is 2.07. The van der Waals surface area contributed by atoms with Crippen molar-refractivity contribution in [2.45, 2.75) is 39.5 Å². The minimum absolute atomic E-state index is 0.890. The monoisotopic (exact) mass is 401 g/mol. The van der Waals surface area contributed by atoms with E-state index >= 15 is 0 Å². The van der Waals surface area contributed by atoms with Gasteiger partial charge in [-0.05, 0) is 48.5 Å². The molecule has 0 radical (unpaired) electrons. The summed E-state index contributed by atoms with van der Waals surface area (Å²) >= 11 is 0. The molecule has 1 heterocycles. The Hall–Kier alpha value is -2.81. The number of hydrogen-bond acceptors (Lipinski definition) is 3. The molecule has 1 fully saturated rings. The van der Waals surface area contributed by atoms with Gasteiger partial charge in [-0.2, -0.15) is 0 Å². The van der Waals surface area contributed by atoms with Crippen molar-refractivity contribution in [1.82, 2.24) is 9.80 Å². The van der Waals surface area contributed by atoms with Crippen molar-refractivity contribution in [3.63, 3.8) is 0 Å². The lowest BCUT2D eigenvalue weighted by Gasteiger charge is -2.25. The van der Waals surface area contributed by atoms with Crippen LogP contribution < -0.4 is 0 Å². The molecular formula is C27H35N3. The maximum atomic E-state index is 4.65. The quantitative estimate of drug-likeness (QED) is 0.465. The molecule has 1 saturated carbocycles. The van der Waals surface area contributed by atoms with Gasteiger partial charge in [-0.25, -0.2) is 4.99 Å². The minimum atomic E-state index is 0.890. The number of nitrogens with zero attached hydrogens (tertiary/aromatic N) is 3. The Morgan fingerprint density at radius 2 is 2.10 bits per heavy atom. The third-order valence-corrected chi connectivity index (χ3v) is 5.89. The van der Waals surface area contributed by atoms with Gasteiger partial charge in [0.1, 0.15) is 5.82 Å². The van der Waals surface area contributed by atoms with Gasteiger partial charge in [0.05, 0.1) is 0 Å². The lowest BCUT2D eigenvalue weighted by atomic mass is 9.89. The van der Waals surface area contributed by atoms with Crippen LogP contribution in [0.2, 0.25) is 0 Å². The standard InChI is InChI=1S/C27H35N3/c1-7-23-13-10-20(3)18-25(23)21(4)26(19-29(5)17-14-22-11-12-22)24(8-2)27-28-15-9-16-30(27)6/h8-10,13,15-16,18-19,22H,2,4,7,11-12,14,17H2,1,3,5-6H3/b26-19+,27-24+. The van der Waals surface area contributed by atoms with Crippen LogP contribution in [0.3, 0.4) is 0 Å². The van der Waals surface area contributed by atoms with Crippen LogP contribution in [-0.2, 0) is 6.42 Å². The first-order chi connectivity index (χ1) is 14.4. The first-order valence-electron chi connectivity index (χ1n) is 11.0. The van der Waals surface area contributed by atoms with Gasteiger partial charge in [0.15, 0.2) is 0 Å². The van der Waals surface area contributed by atoms with Crippen molar-refractivity contribution < 1.29 is 0 Å². The number of allylic oxidation sites excluding steroid dienone is 5. The van der Waals surface area contributed by atoms with Crippen LogP contribution in [-0.4, -0.2) is 36.7 Å². The van der Waals surface area contributed by atoms with Crippen molar-refractivity contribution in [2.24, 2.45) is 10.9 Å². The maximum Gasteiger partial charge on any atom is 0.140 e. The van der Waals surface area contributed by atoms with Crippen molar-refractivity contribution in [3.8, 4) is 0 Å². The average Bonchev–Trinajstić information content (AvgIpc) is 3.57. The van der Waals surface area contributed by atoms with Gasteiger partial charge in [0.2, 0.25) is 0 Å². The third-order valence-electron chi connectivity index (χ3n) is 5.89. The minimum Gasteiger partial charge on any atom is -0.380 e. The van der Waals surface area contributed by atoms with Crippen molar-refractivity contribution in [2.75, 3.05) is 20.6 Å². The van der Waals surface area contributed by atoms with Gasteiger partial charge >= 0.3 is 0 Å². The van der Waals surface area contributed by atoms with E-state index < -0.39 is 0 Å². The molecule has 0 N–H and O–H groups in total. The zero-order chi connectivity index (χ0) is 21.7. The molecule has 1 aliphatic heterocycles. The number of hydrogen-bond donors (Lipinski definition) is 0. The zero-order valence-corrected chi connectivity index (χ0v) is 19.0. The van der Waals surface area contributed by atoms with E-state index in [0.717, 1.165) is 41.4 Å². The molecular weight excluding hydrogens is 366 g/mol. The van der Waals surface area contributed by atoms with Crippen LogP contribution in [0.1, 0.15) is 42.9 Å². The Bertz CT molecular complexity index is 925. The molecule has 3 rings (SSSR count). The van der Waals surface area contributed by atoms with Gasteiger partial charge in [-0.1, -0.05) is 62.8 Å². The lowest BCUT2D eigenvalue weighted by Crippen LogP contribution is -2.17. The van der Waals surface area contributed by atoms with Gasteiger partial charge in [-0.3, -0.25) is 0 Å². The van der Waals surface area contributed by atoms with E-state index in [2.05, 4.69) is 68.3 Å². The summed E-state index contributed by atoms with van der Waals surface area (Å²) in [5.74, 6) is 1.80. The Morgan fingerprint density at radius 3 is 2.73 bits per heavy atom. The predicted octanol–water partition coefficient (Wildman–Crippen LogP) is 6.11. The van der Waals surface area contributed by atoms with Crippen LogP contribution in [0.15, 0.2) is 77.9 Å². The normalized spacial score (nSPS) is 17.9. The molecule has 1 aromatic rings. The molecule has 0 amide bonds. The molecule has 1 aliphatic carbocycles. The van der Waals surface area contributed by atoms with E-state index in [0.29, 0.717) is 0 Å². The molecule has 2 aliphatic rings. The molecule has 0 spiro atoms. The average molecular weight is 402 g/mol. The van der Waals surface area contributed by atoms with Gasteiger partial charge in [0.25, 0.3) is 0 Å². The van der Waals surface area contributed by atoms with Crippen molar-refractivity contribution >= 4 is 11.8 Å². The van der Waals surface area contributed by atoms with Crippen LogP contribution in [0, 0.1) is 12.8 Å². The Labute approximate surface area is 182 Å². The van der Waals surface area contributed by atoms with Gasteiger partial charge in [-0.15, -0.1) is 0 Å². The lowest BCUT2D eigenvalue weighted by molar-refractivity contribution is 0.428. The van der Waals surface area contributed by atoms with Crippen LogP contribution >= 0.6 is 0 Å². The second-order valence-corrected chi connectivity index (χ2v) is 8.42. The van der Waals surface area contributed by atoms with Gasteiger partial charge in [0, 0.05) is 50.4 Å². The fourth-order valence-electron chi connectivity index (χ4n) is 3.84. The molecule has 0 saturated heterocycles. The molecule has 0 unspecified atom stereocenters. The number of benzene rings is 1. The second kappa shape index (κ2) is 9.80. The summed E-state index contributed by atoms with van der Waals surface area (Å²) in [5.41, 5.74) is 6.87. The van der Waals surface area contributed by atoms with Crippen LogP contribution in [0.4, 0.5) is 0 Å². The molecule has 3 nitrogen and oxygen atoms in total. The fraction of sp³-hybridized carbons (Fsp3) is 0.370. The second-order valence-electron chi connectivity index (χ2n) is 8.42. The summed E-state index contributed by atoms with van der Waals surface area (Å²) in [4.78, 5) is 8.99. The summed E-state index contributed by atoms with van der Waals surface area (Å²) in [5, 5.41) is 0. The van der Waals surface area contributed by atoms with Crippen molar-refractivity contribution in [3.05, 3.63) is 89.6 Å². The molecule has 0 bridgehead atoms. The highest BCUT2D eigenvalue weighted by atomic mass is 15.2. The Morgan fingerprint density at radius 1 is 1.33 bits per heavy atom. The largest absolute Gasteiger partial charge is 0.380 e. The van der Waals surface area contributed by atoms with Crippen molar-refractivity contribution in [1.29, 1.82) is 0 Å². The molecule has 0 aromatic heterocycles. The maximum absolute atomic E-state index is 4.65. The smallest absolute Gasteiger partial charge is 0.140 e. The van der Waals surface area contributed by atoms with E-state index in [4.69, 9.17) is 0 Å². The third kappa shape index (κ3) is 5.21.